The van der Waals surface area contributed by atoms with Gasteiger partial charge in [-0.05, 0) is 46.5 Å². The molecule has 1 aromatic rings. The summed E-state index contributed by atoms with van der Waals surface area (Å²) in [4.78, 5) is 11.8. The van der Waals surface area contributed by atoms with E-state index in [9.17, 15) is 4.79 Å². The number of benzene rings is 1. The maximum atomic E-state index is 11.8. The predicted octanol–water partition coefficient (Wildman–Crippen LogP) is 4.72. The van der Waals surface area contributed by atoms with Gasteiger partial charge in [-0.2, -0.15) is 0 Å². The Kier molecular flexibility index (Phi) is 5.40. The highest BCUT2D eigenvalue weighted by Gasteiger charge is 2.16. The summed E-state index contributed by atoms with van der Waals surface area (Å²) >= 11 is 6.68. The minimum Gasteiger partial charge on any atom is -0.422 e. The zero-order chi connectivity index (χ0) is 13.0. The molecule has 1 atom stereocenters. The average Bonchev–Trinajstić information content (AvgIpc) is 2.30. The van der Waals surface area contributed by atoms with E-state index in [1.165, 1.54) is 0 Å². The molecule has 0 fully saturated rings. The van der Waals surface area contributed by atoms with Crippen LogP contribution >= 0.6 is 31.9 Å². The number of ether oxygens (including phenoxy) is 1. The third-order valence-corrected chi connectivity index (χ3v) is 3.68. The minimum absolute atomic E-state index is 0.136. The maximum Gasteiger partial charge on any atom is 0.339 e. The van der Waals surface area contributed by atoms with Gasteiger partial charge in [0.25, 0.3) is 0 Å². The first kappa shape index (κ1) is 14.5. The molecule has 0 saturated carbocycles. The SMILES string of the molecule is C=C(C(=O)Oc1ccc(Br)cc1Br)C(C)CC. The van der Waals surface area contributed by atoms with E-state index in [1.807, 2.05) is 26.0 Å². The van der Waals surface area contributed by atoms with Crippen LogP contribution in [-0.4, -0.2) is 5.97 Å². The Morgan fingerprint density at radius 3 is 2.65 bits per heavy atom. The van der Waals surface area contributed by atoms with Crippen molar-refractivity contribution in [3.8, 4) is 5.75 Å². The van der Waals surface area contributed by atoms with Gasteiger partial charge in [-0.15, -0.1) is 0 Å². The van der Waals surface area contributed by atoms with E-state index < -0.39 is 0 Å². The number of esters is 1. The number of hydrogen-bond donors (Lipinski definition) is 0. The third kappa shape index (κ3) is 3.96. The average molecular weight is 362 g/mol. The maximum absolute atomic E-state index is 11.8. The van der Waals surface area contributed by atoms with Crippen molar-refractivity contribution in [1.29, 1.82) is 0 Å². The molecule has 0 saturated heterocycles. The Morgan fingerprint density at radius 2 is 2.12 bits per heavy atom. The minimum atomic E-state index is -0.373. The van der Waals surface area contributed by atoms with Crippen LogP contribution in [0.15, 0.2) is 39.3 Å². The third-order valence-electron chi connectivity index (χ3n) is 2.57. The predicted molar refractivity (Wildman–Crippen MR) is 76.1 cm³/mol. The number of carbonyl (C=O) groups excluding carboxylic acids is 1. The molecule has 2 nitrogen and oxygen atoms in total. The first-order valence-electron chi connectivity index (χ1n) is 5.31. The van der Waals surface area contributed by atoms with Crippen molar-refractivity contribution < 1.29 is 9.53 Å². The summed E-state index contributed by atoms with van der Waals surface area (Å²) in [6, 6.07) is 5.38. The van der Waals surface area contributed by atoms with Crippen LogP contribution in [0, 0.1) is 5.92 Å². The van der Waals surface area contributed by atoms with Crippen LogP contribution < -0.4 is 4.74 Å². The molecule has 0 radical (unpaired) electrons. The van der Waals surface area contributed by atoms with E-state index in [0.717, 1.165) is 15.4 Å². The monoisotopic (exact) mass is 360 g/mol. The van der Waals surface area contributed by atoms with Crippen LogP contribution in [0.25, 0.3) is 0 Å². The molecule has 0 aliphatic heterocycles. The van der Waals surface area contributed by atoms with E-state index in [4.69, 9.17) is 4.74 Å². The molecule has 0 aliphatic rings. The van der Waals surface area contributed by atoms with Gasteiger partial charge in [-0.25, -0.2) is 4.79 Å². The van der Waals surface area contributed by atoms with Gasteiger partial charge >= 0.3 is 5.97 Å². The van der Waals surface area contributed by atoms with Gasteiger partial charge in [0, 0.05) is 10.0 Å². The molecule has 0 aromatic heterocycles. The molecule has 0 heterocycles. The molecule has 4 heteroatoms. The van der Waals surface area contributed by atoms with Crippen LogP contribution in [0.5, 0.6) is 5.75 Å². The Labute approximate surface area is 118 Å². The van der Waals surface area contributed by atoms with Gasteiger partial charge in [0.2, 0.25) is 0 Å². The topological polar surface area (TPSA) is 26.3 Å². The van der Waals surface area contributed by atoms with E-state index >= 15 is 0 Å². The summed E-state index contributed by atoms with van der Waals surface area (Å²) in [5.41, 5.74) is 0.502. The Bertz CT molecular complexity index is 441. The highest BCUT2D eigenvalue weighted by atomic mass is 79.9. The molecule has 1 rings (SSSR count). The van der Waals surface area contributed by atoms with Gasteiger partial charge < -0.3 is 4.74 Å². The van der Waals surface area contributed by atoms with Gasteiger partial charge in [-0.3, -0.25) is 0 Å². The van der Waals surface area contributed by atoms with Crippen LogP contribution in [0.2, 0.25) is 0 Å². The quantitative estimate of drug-likeness (QED) is 0.440. The van der Waals surface area contributed by atoms with Gasteiger partial charge in [0.05, 0.1) is 4.47 Å². The molecular formula is C13H14Br2O2. The molecule has 1 unspecified atom stereocenters. The Morgan fingerprint density at radius 1 is 1.47 bits per heavy atom. The highest BCUT2D eigenvalue weighted by Crippen LogP contribution is 2.29. The molecule has 1 aromatic carbocycles. The lowest BCUT2D eigenvalue weighted by Crippen LogP contribution is -2.15. The molecule has 92 valence electrons. The lowest BCUT2D eigenvalue weighted by atomic mass is 10.0. The van der Waals surface area contributed by atoms with Crippen molar-refractivity contribution in [2.75, 3.05) is 0 Å². The van der Waals surface area contributed by atoms with E-state index in [2.05, 4.69) is 38.4 Å². The molecule has 17 heavy (non-hydrogen) atoms. The van der Waals surface area contributed by atoms with Gasteiger partial charge in [0.1, 0.15) is 5.75 Å². The number of halogens is 2. The van der Waals surface area contributed by atoms with Crippen LogP contribution in [-0.2, 0) is 4.79 Å². The van der Waals surface area contributed by atoms with Crippen molar-refractivity contribution in [3.63, 3.8) is 0 Å². The van der Waals surface area contributed by atoms with Crippen LogP contribution in [0.1, 0.15) is 20.3 Å². The summed E-state index contributed by atoms with van der Waals surface area (Å²) in [5.74, 6) is 0.266. The van der Waals surface area contributed by atoms with E-state index in [-0.39, 0.29) is 11.9 Å². The Balaban J connectivity index is 2.78. The summed E-state index contributed by atoms with van der Waals surface area (Å²) in [7, 11) is 0. The summed E-state index contributed by atoms with van der Waals surface area (Å²) < 4.78 is 6.93. The number of carbonyl (C=O) groups is 1. The zero-order valence-corrected chi connectivity index (χ0v) is 13.0. The second-order valence-electron chi connectivity index (χ2n) is 3.80. The van der Waals surface area contributed by atoms with Crippen molar-refractivity contribution >= 4 is 37.8 Å². The molecule has 0 aliphatic carbocycles. The van der Waals surface area contributed by atoms with Crippen molar-refractivity contribution in [3.05, 3.63) is 39.3 Å². The summed E-state index contributed by atoms with van der Waals surface area (Å²) in [6.45, 7) is 7.74. The summed E-state index contributed by atoms with van der Waals surface area (Å²) in [6.07, 6.45) is 0.870. The van der Waals surface area contributed by atoms with E-state index in [0.29, 0.717) is 11.3 Å². The molecule has 0 amide bonds. The lowest BCUT2D eigenvalue weighted by molar-refractivity contribution is -0.130. The fourth-order valence-electron chi connectivity index (χ4n) is 1.17. The fraction of sp³-hybridized carbons (Fsp3) is 0.308. The van der Waals surface area contributed by atoms with Crippen LogP contribution in [0.3, 0.4) is 0 Å². The Hall–Kier alpha value is -0.610. The zero-order valence-electron chi connectivity index (χ0n) is 9.80. The number of rotatable bonds is 4. The number of hydrogen-bond acceptors (Lipinski definition) is 2. The standard InChI is InChI=1S/C13H14Br2O2/c1-4-8(2)9(3)13(16)17-12-6-5-10(14)7-11(12)15/h5-8H,3-4H2,1-2H3. The van der Waals surface area contributed by atoms with Gasteiger partial charge in [0.15, 0.2) is 0 Å². The molecule has 0 N–H and O–H groups in total. The first-order valence-corrected chi connectivity index (χ1v) is 6.90. The van der Waals surface area contributed by atoms with Crippen molar-refractivity contribution in [1.82, 2.24) is 0 Å². The summed E-state index contributed by atoms with van der Waals surface area (Å²) in [5, 5.41) is 0. The first-order chi connectivity index (χ1) is 7.95. The normalized spacial score (nSPS) is 12.0. The van der Waals surface area contributed by atoms with Crippen molar-refractivity contribution in [2.45, 2.75) is 20.3 Å². The highest BCUT2D eigenvalue weighted by molar-refractivity contribution is 9.11. The lowest BCUT2D eigenvalue weighted by Gasteiger charge is -2.12. The van der Waals surface area contributed by atoms with E-state index in [1.54, 1.807) is 6.07 Å². The molecular weight excluding hydrogens is 348 g/mol. The molecule has 0 bridgehead atoms. The van der Waals surface area contributed by atoms with Gasteiger partial charge in [-0.1, -0.05) is 36.4 Å². The molecule has 0 spiro atoms. The fourth-order valence-corrected chi connectivity index (χ4v) is 2.30. The smallest absolute Gasteiger partial charge is 0.339 e. The largest absolute Gasteiger partial charge is 0.422 e. The van der Waals surface area contributed by atoms with Crippen LogP contribution in [0.4, 0.5) is 0 Å². The second-order valence-corrected chi connectivity index (χ2v) is 5.57. The van der Waals surface area contributed by atoms with Crippen molar-refractivity contribution in [2.24, 2.45) is 5.92 Å². The second kappa shape index (κ2) is 6.36.